The first kappa shape index (κ1) is 16.6. The Morgan fingerprint density at radius 2 is 1.75 bits per heavy atom. The third-order valence-electron chi connectivity index (χ3n) is 3.03. The maximum atomic E-state index is 12.2. The molecule has 0 aliphatic rings. The van der Waals surface area contributed by atoms with E-state index in [-0.39, 0.29) is 28.5 Å². The minimum atomic E-state index is -3.68. The van der Waals surface area contributed by atoms with E-state index in [9.17, 15) is 13.2 Å². The van der Waals surface area contributed by atoms with Crippen molar-refractivity contribution in [2.24, 2.45) is 16.9 Å². The molecule has 0 bridgehead atoms. The van der Waals surface area contributed by atoms with Crippen LogP contribution in [0.4, 0.5) is 0 Å². The van der Waals surface area contributed by atoms with Crippen LogP contribution >= 0.6 is 0 Å². The van der Waals surface area contributed by atoms with Crippen LogP contribution < -0.4 is 16.2 Å². The Hall–Kier alpha value is -1.44. The lowest BCUT2D eigenvalue weighted by atomic mass is 9.88. The Kier molecular flexibility index (Phi) is 4.90. The van der Waals surface area contributed by atoms with Crippen LogP contribution in [-0.4, -0.2) is 26.9 Å². The monoisotopic (exact) mass is 299 g/mol. The molecule has 1 aromatic carbocycles. The van der Waals surface area contributed by atoms with Crippen molar-refractivity contribution in [2.45, 2.75) is 31.7 Å². The summed E-state index contributed by atoms with van der Waals surface area (Å²) in [5, 5.41) is 0. The molecule has 7 heteroatoms. The van der Waals surface area contributed by atoms with Gasteiger partial charge in [0.2, 0.25) is 15.9 Å². The van der Waals surface area contributed by atoms with E-state index >= 15 is 0 Å². The number of hydrogen-bond acceptors (Lipinski definition) is 4. The lowest BCUT2D eigenvalue weighted by Crippen LogP contribution is -2.48. The largest absolute Gasteiger partial charge is 0.366 e. The standard InChI is InChI=1S/C13H21N3O3S/c1-13(2,3)11(8-14)16-20(18,19)10-6-4-9(5-7-10)12(15)17/h4-7,11,16H,8,14H2,1-3H3,(H2,15,17). The van der Waals surface area contributed by atoms with E-state index in [1.54, 1.807) is 0 Å². The van der Waals surface area contributed by atoms with Crippen LogP contribution in [0.15, 0.2) is 29.2 Å². The first-order valence-corrected chi connectivity index (χ1v) is 7.68. The highest BCUT2D eigenvalue weighted by molar-refractivity contribution is 7.89. The minimum Gasteiger partial charge on any atom is -0.366 e. The zero-order chi connectivity index (χ0) is 15.6. The van der Waals surface area contributed by atoms with Gasteiger partial charge in [-0.15, -0.1) is 0 Å². The molecule has 0 saturated carbocycles. The second-order valence-electron chi connectivity index (χ2n) is 5.66. The Morgan fingerprint density at radius 3 is 2.10 bits per heavy atom. The molecule has 0 aliphatic carbocycles. The van der Waals surface area contributed by atoms with Gasteiger partial charge >= 0.3 is 0 Å². The second-order valence-corrected chi connectivity index (χ2v) is 7.38. The third-order valence-corrected chi connectivity index (χ3v) is 4.52. The number of sulfonamides is 1. The van der Waals surface area contributed by atoms with Gasteiger partial charge in [-0.1, -0.05) is 20.8 Å². The quantitative estimate of drug-likeness (QED) is 0.731. The van der Waals surface area contributed by atoms with Crippen LogP contribution in [0.3, 0.4) is 0 Å². The van der Waals surface area contributed by atoms with Crippen molar-refractivity contribution in [3.8, 4) is 0 Å². The zero-order valence-corrected chi connectivity index (χ0v) is 12.7. The van der Waals surface area contributed by atoms with Crippen molar-refractivity contribution >= 4 is 15.9 Å². The lowest BCUT2D eigenvalue weighted by molar-refractivity contribution is 0.1000. The second kappa shape index (κ2) is 5.90. The normalized spacial score (nSPS) is 14.0. The van der Waals surface area contributed by atoms with Gasteiger partial charge in [0.1, 0.15) is 0 Å². The number of primary amides is 1. The number of benzene rings is 1. The molecule has 112 valence electrons. The fourth-order valence-electron chi connectivity index (χ4n) is 1.63. The number of carbonyl (C=O) groups is 1. The molecule has 20 heavy (non-hydrogen) atoms. The van der Waals surface area contributed by atoms with Crippen LogP contribution in [0.5, 0.6) is 0 Å². The highest BCUT2D eigenvalue weighted by Gasteiger charge is 2.28. The molecule has 1 amide bonds. The van der Waals surface area contributed by atoms with Crippen molar-refractivity contribution in [1.82, 2.24) is 4.72 Å². The summed E-state index contributed by atoms with van der Waals surface area (Å²) in [5.41, 5.74) is 10.7. The maximum absolute atomic E-state index is 12.2. The Bertz CT molecular complexity index is 574. The molecule has 0 aromatic heterocycles. The average Bonchev–Trinajstić information content (AvgIpc) is 2.34. The molecular weight excluding hydrogens is 278 g/mol. The summed E-state index contributed by atoms with van der Waals surface area (Å²) in [4.78, 5) is 11.0. The molecule has 5 N–H and O–H groups in total. The topological polar surface area (TPSA) is 115 Å². The van der Waals surface area contributed by atoms with Gasteiger partial charge in [-0.25, -0.2) is 13.1 Å². The van der Waals surface area contributed by atoms with Crippen molar-refractivity contribution in [3.63, 3.8) is 0 Å². The summed E-state index contributed by atoms with van der Waals surface area (Å²) >= 11 is 0. The van der Waals surface area contributed by atoms with Gasteiger partial charge < -0.3 is 11.5 Å². The fraction of sp³-hybridized carbons (Fsp3) is 0.462. The molecule has 1 rings (SSSR count). The molecule has 0 aliphatic heterocycles. The van der Waals surface area contributed by atoms with Gasteiger partial charge in [0.25, 0.3) is 0 Å². The smallest absolute Gasteiger partial charge is 0.248 e. The molecule has 0 fully saturated rings. The molecule has 0 heterocycles. The maximum Gasteiger partial charge on any atom is 0.248 e. The molecule has 1 aromatic rings. The minimum absolute atomic E-state index is 0.0743. The van der Waals surface area contributed by atoms with Crippen molar-refractivity contribution in [3.05, 3.63) is 29.8 Å². The summed E-state index contributed by atoms with van der Waals surface area (Å²) < 4.78 is 27.1. The van der Waals surface area contributed by atoms with Crippen LogP contribution in [0.2, 0.25) is 0 Å². The number of amides is 1. The summed E-state index contributed by atoms with van der Waals surface area (Å²) in [6.45, 7) is 5.91. The zero-order valence-electron chi connectivity index (χ0n) is 11.9. The van der Waals surface area contributed by atoms with E-state index < -0.39 is 15.9 Å². The Balaban J connectivity index is 3.02. The van der Waals surface area contributed by atoms with Gasteiger partial charge in [-0.3, -0.25) is 4.79 Å². The molecule has 0 radical (unpaired) electrons. The van der Waals surface area contributed by atoms with Gasteiger partial charge in [0.05, 0.1) is 4.90 Å². The van der Waals surface area contributed by atoms with E-state index in [4.69, 9.17) is 11.5 Å². The summed E-state index contributed by atoms with van der Waals surface area (Å²) in [6.07, 6.45) is 0. The van der Waals surface area contributed by atoms with Crippen LogP contribution in [-0.2, 0) is 10.0 Å². The highest BCUT2D eigenvalue weighted by atomic mass is 32.2. The molecule has 0 spiro atoms. The molecule has 6 nitrogen and oxygen atoms in total. The Morgan fingerprint density at radius 1 is 1.25 bits per heavy atom. The van der Waals surface area contributed by atoms with Crippen LogP contribution in [0.1, 0.15) is 31.1 Å². The number of carbonyl (C=O) groups excluding carboxylic acids is 1. The highest BCUT2D eigenvalue weighted by Crippen LogP contribution is 2.21. The predicted octanol–water partition coefficient (Wildman–Crippen LogP) is 0.437. The number of hydrogen-bond donors (Lipinski definition) is 3. The van der Waals surface area contributed by atoms with Crippen LogP contribution in [0, 0.1) is 5.41 Å². The lowest BCUT2D eigenvalue weighted by Gasteiger charge is -2.30. The van der Waals surface area contributed by atoms with Crippen molar-refractivity contribution in [1.29, 1.82) is 0 Å². The van der Waals surface area contributed by atoms with E-state index in [0.29, 0.717) is 0 Å². The Labute approximate surface area is 119 Å². The molecule has 1 unspecified atom stereocenters. The summed E-state index contributed by atoms with van der Waals surface area (Å²) in [7, 11) is -3.68. The molecular formula is C13H21N3O3S. The first-order valence-electron chi connectivity index (χ1n) is 6.20. The summed E-state index contributed by atoms with van der Waals surface area (Å²) in [6, 6.07) is 5.07. The predicted molar refractivity (Wildman–Crippen MR) is 77.6 cm³/mol. The average molecular weight is 299 g/mol. The van der Waals surface area contributed by atoms with Gasteiger partial charge in [-0.2, -0.15) is 0 Å². The van der Waals surface area contributed by atoms with E-state index in [2.05, 4.69) is 4.72 Å². The van der Waals surface area contributed by atoms with Gasteiger partial charge in [0, 0.05) is 18.2 Å². The van der Waals surface area contributed by atoms with E-state index in [1.165, 1.54) is 24.3 Å². The van der Waals surface area contributed by atoms with Crippen LogP contribution in [0.25, 0.3) is 0 Å². The number of rotatable bonds is 5. The molecule has 1 atom stereocenters. The number of nitrogens with two attached hydrogens (primary N) is 2. The number of nitrogens with one attached hydrogen (secondary N) is 1. The molecule has 0 saturated heterocycles. The van der Waals surface area contributed by atoms with E-state index in [0.717, 1.165) is 0 Å². The SMILES string of the molecule is CC(C)(C)C(CN)NS(=O)(=O)c1ccc(C(N)=O)cc1. The fourth-order valence-corrected chi connectivity index (χ4v) is 3.09. The van der Waals surface area contributed by atoms with Gasteiger partial charge in [-0.05, 0) is 29.7 Å². The third kappa shape index (κ3) is 4.03. The van der Waals surface area contributed by atoms with Gasteiger partial charge in [0.15, 0.2) is 0 Å². The summed E-state index contributed by atoms with van der Waals surface area (Å²) in [5.74, 6) is -0.601. The van der Waals surface area contributed by atoms with Crippen molar-refractivity contribution < 1.29 is 13.2 Å². The first-order chi connectivity index (χ1) is 9.08. The van der Waals surface area contributed by atoms with Crippen molar-refractivity contribution in [2.75, 3.05) is 6.54 Å². The van der Waals surface area contributed by atoms with E-state index in [1.807, 2.05) is 20.8 Å².